The third-order valence-electron chi connectivity index (χ3n) is 5.49. The van der Waals surface area contributed by atoms with Crippen molar-refractivity contribution in [2.24, 2.45) is 11.8 Å². The molecule has 1 N–H and O–H groups in total. The Hall–Kier alpha value is -2.89. The summed E-state index contributed by atoms with van der Waals surface area (Å²) in [6.45, 7) is 9.20. The topological polar surface area (TPSA) is 58.6 Å². The highest BCUT2D eigenvalue weighted by Gasteiger charge is 2.32. The van der Waals surface area contributed by atoms with Crippen LogP contribution in [0.25, 0.3) is 0 Å². The van der Waals surface area contributed by atoms with E-state index < -0.39 is 0 Å². The molecule has 3 rings (SSSR count). The van der Waals surface area contributed by atoms with Crippen LogP contribution in [0.15, 0.2) is 42.5 Å². The molecular formula is C26H33FN2O3. The highest BCUT2D eigenvalue weighted by molar-refractivity contribution is 5.78. The molecule has 1 aliphatic rings. The summed E-state index contributed by atoms with van der Waals surface area (Å²) in [6.07, 6.45) is 1.16. The van der Waals surface area contributed by atoms with E-state index in [1.54, 1.807) is 6.07 Å². The molecule has 0 saturated heterocycles. The predicted molar refractivity (Wildman–Crippen MR) is 123 cm³/mol. The zero-order valence-electron chi connectivity index (χ0n) is 19.4. The van der Waals surface area contributed by atoms with E-state index in [0.29, 0.717) is 31.2 Å². The van der Waals surface area contributed by atoms with Gasteiger partial charge in [0.05, 0.1) is 6.04 Å². The zero-order chi connectivity index (χ0) is 23.3. The van der Waals surface area contributed by atoms with Gasteiger partial charge < -0.3 is 15.0 Å². The molecule has 1 unspecified atom stereocenters. The second-order valence-corrected chi connectivity index (χ2v) is 9.24. The fourth-order valence-electron chi connectivity index (χ4n) is 3.97. The molecule has 2 amide bonds. The molecule has 0 radical (unpaired) electrons. The average molecular weight is 441 g/mol. The lowest BCUT2D eigenvalue weighted by Crippen LogP contribution is -2.41. The fourth-order valence-corrected chi connectivity index (χ4v) is 3.97. The van der Waals surface area contributed by atoms with Crippen LogP contribution in [0, 0.1) is 17.7 Å². The molecule has 0 spiro atoms. The summed E-state index contributed by atoms with van der Waals surface area (Å²) in [5.41, 5.74) is 2.75. The Balaban J connectivity index is 1.89. The number of nitrogens with zero attached hydrogens (tertiary/aromatic N) is 1. The number of ether oxygens (including phenoxy) is 1. The summed E-state index contributed by atoms with van der Waals surface area (Å²) in [4.78, 5) is 27.0. The van der Waals surface area contributed by atoms with E-state index in [4.69, 9.17) is 4.74 Å². The Morgan fingerprint density at radius 2 is 1.91 bits per heavy atom. The van der Waals surface area contributed by atoms with Crippen molar-refractivity contribution in [2.45, 2.75) is 46.6 Å². The van der Waals surface area contributed by atoms with E-state index in [-0.39, 0.29) is 36.2 Å². The standard InChI is InChI=1S/C26H33FN2O3/c1-17(2)12-25(31)29-11-10-19-8-9-22(32-16-24(30)28-15-18(3)4)14-23(19)26(29)20-6-5-7-21(27)13-20/h5-9,13-14,17-18,26H,10-12,15-16H2,1-4H3,(H,28,30). The van der Waals surface area contributed by atoms with Crippen LogP contribution in [0.2, 0.25) is 0 Å². The highest BCUT2D eigenvalue weighted by Crippen LogP contribution is 2.38. The van der Waals surface area contributed by atoms with Gasteiger partial charge in [-0.15, -0.1) is 0 Å². The molecule has 2 aromatic rings. The minimum absolute atomic E-state index is 0.0549. The number of carbonyl (C=O) groups excluding carboxylic acids is 2. The molecule has 5 nitrogen and oxygen atoms in total. The van der Waals surface area contributed by atoms with E-state index in [2.05, 4.69) is 5.32 Å². The van der Waals surface area contributed by atoms with Crippen molar-refractivity contribution in [1.29, 1.82) is 0 Å². The lowest BCUT2D eigenvalue weighted by atomic mass is 9.87. The third-order valence-corrected chi connectivity index (χ3v) is 5.49. The summed E-state index contributed by atoms with van der Waals surface area (Å²) < 4.78 is 19.8. The van der Waals surface area contributed by atoms with Crippen LogP contribution in [0.1, 0.15) is 56.8 Å². The van der Waals surface area contributed by atoms with Crippen LogP contribution >= 0.6 is 0 Å². The van der Waals surface area contributed by atoms with Gasteiger partial charge in [-0.25, -0.2) is 4.39 Å². The molecule has 172 valence electrons. The lowest BCUT2D eigenvalue weighted by molar-refractivity contribution is -0.134. The van der Waals surface area contributed by atoms with Gasteiger partial charge in [0.2, 0.25) is 5.91 Å². The first-order chi connectivity index (χ1) is 15.2. The Morgan fingerprint density at radius 1 is 1.12 bits per heavy atom. The normalized spacial score (nSPS) is 15.6. The third kappa shape index (κ3) is 6.09. The van der Waals surface area contributed by atoms with Crippen molar-refractivity contribution in [3.05, 3.63) is 65.0 Å². The first kappa shape index (κ1) is 23.8. The van der Waals surface area contributed by atoms with E-state index in [1.165, 1.54) is 12.1 Å². The van der Waals surface area contributed by atoms with Gasteiger partial charge >= 0.3 is 0 Å². The van der Waals surface area contributed by atoms with Crippen molar-refractivity contribution >= 4 is 11.8 Å². The number of hydrogen-bond donors (Lipinski definition) is 1. The Morgan fingerprint density at radius 3 is 2.59 bits per heavy atom. The molecule has 6 heteroatoms. The average Bonchev–Trinajstić information content (AvgIpc) is 2.74. The SMILES string of the molecule is CC(C)CNC(=O)COc1ccc2c(c1)C(c1cccc(F)c1)N(C(=O)CC(C)C)CC2. The number of amides is 2. The Labute approximate surface area is 190 Å². The molecule has 1 atom stereocenters. The number of nitrogens with one attached hydrogen (secondary N) is 1. The molecule has 0 aromatic heterocycles. The highest BCUT2D eigenvalue weighted by atomic mass is 19.1. The van der Waals surface area contributed by atoms with Gasteiger partial charge in [0, 0.05) is 19.5 Å². The number of halogens is 1. The summed E-state index contributed by atoms with van der Waals surface area (Å²) in [5.74, 6) is 0.703. The first-order valence-corrected chi connectivity index (χ1v) is 11.3. The van der Waals surface area contributed by atoms with Gasteiger partial charge in [0.15, 0.2) is 6.61 Å². The molecule has 2 aromatic carbocycles. The van der Waals surface area contributed by atoms with Gasteiger partial charge in [-0.3, -0.25) is 9.59 Å². The van der Waals surface area contributed by atoms with Gasteiger partial charge in [-0.05, 0) is 59.2 Å². The van der Waals surface area contributed by atoms with E-state index in [0.717, 1.165) is 23.1 Å². The summed E-state index contributed by atoms with van der Waals surface area (Å²) in [6, 6.07) is 11.7. The molecule has 0 fully saturated rings. The van der Waals surface area contributed by atoms with Crippen LogP contribution in [0.5, 0.6) is 5.75 Å². The maximum Gasteiger partial charge on any atom is 0.257 e. The van der Waals surface area contributed by atoms with E-state index >= 15 is 0 Å². The quantitative estimate of drug-likeness (QED) is 0.658. The number of carbonyl (C=O) groups is 2. The van der Waals surface area contributed by atoms with Crippen LogP contribution in [0.3, 0.4) is 0 Å². The second kappa shape index (κ2) is 10.6. The van der Waals surface area contributed by atoms with Crippen LogP contribution in [0.4, 0.5) is 4.39 Å². The molecule has 0 aliphatic carbocycles. The fraction of sp³-hybridized carbons (Fsp3) is 0.462. The summed E-state index contributed by atoms with van der Waals surface area (Å²) >= 11 is 0. The molecule has 0 saturated carbocycles. The second-order valence-electron chi connectivity index (χ2n) is 9.24. The van der Waals surface area contributed by atoms with Crippen molar-refractivity contribution in [3.63, 3.8) is 0 Å². The minimum atomic E-state index is -0.390. The van der Waals surface area contributed by atoms with Crippen LogP contribution < -0.4 is 10.1 Å². The van der Waals surface area contributed by atoms with Crippen LogP contribution in [-0.4, -0.2) is 36.4 Å². The smallest absolute Gasteiger partial charge is 0.257 e. The summed E-state index contributed by atoms with van der Waals surface area (Å²) in [7, 11) is 0. The maximum atomic E-state index is 14.1. The Kier molecular flexibility index (Phi) is 7.89. The van der Waals surface area contributed by atoms with Crippen LogP contribution in [-0.2, 0) is 16.0 Å². The van der Waals surface area contributed by atoms with Gasteiger partial charge in [-0.1, -0.05) is 45.9 Å². The Bertz CT molecular complexity index is 958. The van der Waals surface area contributed by atoms with Gasteiger partial charge in [0.25, 0.3) is 5.91 Å². The number of rotatable bonds is 8. The first-order valence-electron chi connectivity index (χ1n) is 11.3. The summed E-state index contributed by atoms with van der Waals surface area (Å²) in [5, 5.41) is 2.84. The largest absolute Gasteiger partial charge is 0.484 e. The van der Waals surface area contributed by atoms with E-state index in [1.807, 2.05) is 56.9 Å². The van der Waals surface area contributed by atoms with Gasteiger partial charge in [0.1, 0.15) is 11.6 Å². The van der Waals surface area contributed by atoms with Crippen molar-refractivity contribution < 1.29 is 18.7 Å². The minimum Gasteiger partial charge on any atom is -0.484 e. The van der Waals surface area contributed by atoms with Crippen molar-refractivity contribution in [1.82, 2.24) is 10.2 Å². The number of benzene rings is 2. The number of hydrogen-bond acceptors (Lipinski definition) is 3. The maximum absolute atomic E-state index is 14.1. The number of fused-ring (bicyclic) bond motifs is 1. The predicted octanol–water partition coefficient (Wildman–Crippen LogP) is 4.50. The molecule has 1 heterocycles. The monoisotopic (exact) mass is 440 g/mol. The lowest BCUT2D eigenvalue weighted by Gasteiger charge is -2.38. The molecule has 32 heavy (non-hydrogen) atoms. The van der Waals surface area contributed by atoms with E-state index in [9.17, 15) is 14.0 Å². The zero-order valence-corrected chi connectivity index (χ0v) is 19.4. The molecule has 0 bridgehead atoms. The molecule has 1 aliphatic heterocycles. The van der Waals surface area contributed by atoms with Gasteiger partial charge in [-0.2, -0.15) is 0 Å². The van der Waals surface area contributed by atoms with Crippen molar-refractivity contribution in [3.8, 4) is 5.75 Å². The molecular weight excluding hydrogens is 407 g/mol. The van der Waals surface area contributed by atoms with Crippen molar-refractivity contribution in [2.75, 3.05) is 19.7 Å².